The molecule has 2 N–H and O–H groups in total. The predicted molar refractivity (Wildman–Crippen MR) is 101 cm³/mol. The summed E-state index contributed by atoms with van der Waals surface area (Å²) in [5, 5.41) is 17.8. The van der Waals surface area contributed by atoms with Gasteiger partial charge in [0.1, 0.15) is 6.04 Å². The van der Waals surface area contributed by atoms with Crippen LogP contribution in [0.15, 0.2) is 54.6 Å². The fraction of sp³-hybridized carbons (Fsp3) is 0.158. The number of nitro benzene ring substituents is 1. The number of fused-ring (bicyclic) bond motifs is 1. The quantitative estimate of drug-likeness (QED) is 0.537. The highest BCUT2D eigenvalue weighted by Crippen LogP contribution is 2.30. The average molecular weight is 350 g/mol. The minimum atomic E-state index is -0.542. The number of nitro groups is 1. The van der Waals surface area contributed by atoms with Gasteiger partial charge in [0.25, 0.3) is 5.69 Å². The van der Waals surface area contributed by atoms with Crippen molar-refractivity contribution in [2.75, 3.05) is 10.6 Å². The third-order valence-corrected chi connectivity index (χ3v) is 3.95. The Hall–Kier alpha value is -3.48. The predicted octanol–water partition coefficient (Wildman–Crippen LogP) is 3.89. The molecule has 1 heterocycles. The van der Waals surface area contributed by atoms with Crippen molar-refractivity contribution in [2.24, 2.45) is 0 Å². The number of carbonyl (C=O) groups excluding carboxylic acids is 1. The molecule has 1 aromatic heterocycles. The summed E-state index contributed by atoms with van der Waals surface area (Å²) in [7, 11) is 0. The second-order valence-corrected chi connectivity index (χ2v) is 5.96. The molecule has 1 unspecified atom stereocenters. The summed E-state index contributed by atoms with van der Waals surface area (Å²) in [5.41, 5.74) is 2.21. The summed E-state index contributed by atoms with van der Waals surface area (Å²) in [4.78, 5) is 27.5. The molecule has 0 bridgehead atoms. The number of para-hydroxylation sites is 2. The van der Waals surface area contributed by atoms with Crippen LogP contribution >= 0.6 is 0 Å². The molecule has 1 atom stereocenters. The topological polar surface area (TPSA) is 97.2 Å². The highest BCUT2D eigenvalue weighted by molar-refractivity contribution is 6.00. The Balaban J connectivity index is 1.89. The van der Waals surface area contributed by atoms with Gasteiger partial charge in [-0.3, -0.25) is 14.9 Å². The zero-order valence-electron chi connectivity index (χ0n) is 14.4. The minimum Gasteiger partial charge on any atom is -0.373 e. The van der Waals surface area contributed by atoms with Gasteiger partial charge in [-0.1, -0.05) is 30.3 Å². The Labute approximate surface area is 150 Å². The Morgan fingerprint density at radius 1 is 1.15 bits per heavy atom. The maximum absolute atomic E-state index is 12.4. The molecule has 7 heteroatoms. The van der Waals surface area contributed by atoms with E-state index in [2.05, 4.69) is 15.6 Å². The van der Waals surface area contributed by atoms with Gasteiger partial charge in [-0.2, -0.15) is 0 Å². The highest BCUT2D eigenvalue weighted by atomic mass is 16.6. The molecule has 0 aliphatic heterocycles. The lowest BCUT2D eigenvalue weighted by Gasteiger charge is -2.17. The SMILES string of the molecule is Cc1cc(NC(C)C(=O)Nc2ccccc2)c2cccc([N+](=O)[O-])c2n1. The van der Waals surface area contributed by atoms with Crippen molar-refractivity contribution in [3.8, 4) is 0 Å². The van der Waals surface area contributed by atoms with Crippen molar-refractivity contribution >= 4 is 33.9 Å². The molecule has 0 aliphatic rings. The number of amides is 1. The van der Waals surface area contributed by atoms with E-state index in [1.54, 1.807) is 44.2 Å². The Bertz CT molecular complexity index is 973. The fourth-order valence-corrected chi connectivity index (χ4v) is 2.70. The molecule has 3 aromatic rings. The number of anilines is 2. The maximum atomic E-state index is 12.4. The number of nitrogens with zero attached hydrogens (tertiary/aromatic N) is 2. The van der Waals surface area contributed by atoms with Crippen molar-refractivity contribution in [3.63, 3.8) is 0 Å². The molecule has 0 spiro atoms. The van der Waals surface area contributed by atoms with E-state index >= 15 is 0 Å². The summed E-state index contributed by atoms with van der Waals surface area (Å²) in [5.74, 6) is -0.204. The van der Waals surface area contributed by atoms with Crippen molar-refractivity contribution in [3.05, 3.63) is 70.4 Å². The van der Waals surface area contributed by atoms with Crippen LogP contribution in [-0.4, -0.2) is 21.9 Å². The lowest BCUT2D eigenvalue weighted by atomic mass is 10.1. The summed E-state index contributed by atoms with van der Waals surface area (Å²) in [6.07, 6.45) is 0. The monoisotopic (exact) mass is 350 g/mol. The first-order valence-electron chi connectivity index (χ1n) is 8.13. The van der Waals surface area contributed by atoms with E-state index in [0.29, 0.717) is 28.0 Å². The van der Waals surface area contributed by atoms with Gasteiger partial charge in [-0.15, -0.1) is 0 Å². The molecule has 0 fully saturated rings. The highest BCUT2D eigenvalue weighted by Gasteiger charge is 2.18. The molecule has 0 aliphatic carbocycles. The van der Waals surface area contributed by atoms with Crippen LogP contribution in [0.5, 0.6) is 0 Å². The number of pyridine rings is 1. The number of rotatable bonds is 5. The van der Waals surface area contributed by atoms with Crippen LogP contribution in [0.1, 0.15) is 12.6 Å². The van der Waals surface area contributed by atoms with E-state index in [0.717, 1.165) is 0 Å². The Morgan fingerprint density at radius 2 is 1.88 bits per heavy atom. The van der Waals surface area contributed by atoms with Crippen LogP contribution in [0.25, 0.3) is 10.9 Å². The zero-order chi connectivity index (χ0) is 18.7. The molecule has 2 aromatic carbocycles. The smallest absolute Gasteiger partial charge is 0.295 e. The number of non-ortho nitro benzene ring substituents is 1. The standard InChI is InChI=1S/C19H18N4O3/c1-12-11-16(15-9-6-10-17(23(25)26)18(15)20-12)21-13(2)19(24)22-14-7-4-3-5-8-14/h3-11,13H,1-2H3,(H,20,21)(H,22,24). The van der Waals surface area contributed by atoms with Crippen molar-refractivity contribution in [1.82, 2.24) is 4.98 Å². The molecule has 132 valence electrons. The maximum Gasteiger partial charge on any atom is 0.295 e. The molecule has 0 saturated carbocycles. The fourth-order valence-electron chi connectivity index (χ4n) is 2.70. The molecule has 1 amide bonds. The lowest BCUT2D eigenvalue weighted by molar-refractivity contribution is -0.383. The first kappa shape index (κ1) is 17.3. The molecular formula is C19H18N4O3. The number of aromatic nitrogens is 1. The number of benzene rings is 2. The van der Waals surface area contributed by atoms with E-state index in [4.69, 9.17) is 0 Å². The average Bonchev–Trinajstić information content (AvgIpc) is 2.61. The van der Waals surface area contributed by atoms with Crippen molar-refractivity contribution in [2.45, 2.75) is 19.9 Å². The first-order valence-corrected chi connectivity index (χ1v) is 8.13. The van der Waals surface area contributed by atoms with E-state index in [-0.39, 0.29) is 11.6 Å². The first-order chi connectivity index (χ1) is 12.5. The largest absolute Gasteiger partial charge is 0.373 e. The number of carbonyl (C=O) groups is 1. The van der Waals surface area contributed by atoms with Gasteiger partial charge in [-0.05, 0) is 32.0 Å². The molecule has 0 saturated heterocycles. The van der Waals surface area contributed by atoms with Crippen molar-refractivity contribution < 1.29 is 9.72 Å². The Kier molecular flexibility index (Phi) is 4.79. The van der Waals surface area contributed by atoms with Gasteiger partial charge in [0, 0.05) is 28.5 Å². The van der Waals surface area contributed by atoms with E-state index < -0.39 is 11.0 Å². The van der Waals surface area contributed by atoms with E-state index in [1.807, 2.05) is 18.2 Å². The summed E-state index contributed by atoms with van der Waals surface area (Å²) >= 11 is 0. The minimum absolute atomic E-state index is 0.0596. The molecule has 0 radical (unpaired) electrons. The number of hydrogen-bond donors (Lipinski definition) is 2. The van der Waals surface area contributed by atoms with Gasteiger partial charge < -0.3 is 10.6 Å². The van der Waals surface area contributed by atoms with Crippen LogP contribution in [0.4, 0.5) is 17.1 Å². The summed E-state index contributed by atoms with van der Waals surface area (Å²) < 4.78 is 0. The van der Waals surface area contributed by atoms with Crippen LogP contribution in [0, 0.1) is 17.0 Å². The third kappa shape index (κ3) is 3.61. The normalized spacial score (nSPS) is 11.8. The van der Waals surface area contributed by atoms with Gasteiger partial charge >= 0.3 is 0 Å². The molecule has 7 nitrogen and oxygen atoms in total. The lowest BCUT2D eigenvalue weighted by Crippen LogP contribution is -2.32. The van der Waals surface area contributed by atoms with Crippen molar-refractivity contribution in [1.29, 1.82) is 0 Å². The molecule has 26 heavy (non-hydrogen) atoms. The summed E-state index contributed by atoms with van der Waals surface area (Å²) in [6, 6.07) is 15.2. The van der Waals surface area contributed by atoms with Gasteiger partial charge in [-0.25, -0.2) is 4.98 Å². The second-order valence-electron chi connectivity index (χ2n) is 5.96. The Morgan fingerprint density at radius 3 is 2.58 bits per heavy atom. The number of nitrogens with one attached hydrogen (secondary N) is 2. The number of hydrogen-bond acceptors (Lipinski definition) is 5. The number of aryl methyl sites for hydroxylation is 1. The second kappa shape index (κ2) is 7.18. The van der Waals surface area contributed by atoms with E-state index in [1.165, 1.54) is 6.07 Å². The third-order valence-electron chi connectivity index (χ3n) is 3.95. The zero-order valence-corrected chi connectivity index (χ0v) is 14.4. The van der Waals surface area contributed by atoms with Crippen LogP contribution in [-0.2, 0) is 4.79 Å². The van der Waals surface area contributed by atoms with Gasteiger partial charge in [0.2, 0.25) is 5.91 Å². The summed E-state index contributed by atoms with van der Waals surface area (Å²) in [6.45, 7) is 3.49. The van der Waals surface area contributed by atoms with Crippen LogP contribution in [0.3, 0.4) is 0 Å². The molecule has 3 rings (SSSR count). The molecular weight excluding hydrogens is 332 g/mol. The van der Waals surface area contributed by atoms with E-state index in [9.17, 15) is 14.9 Å². The van der Waals surface area contributed by atoms with Gasteiger partial charge in [0.05, 0.1) is 4.92 Å². The van der Waals surface area contributed by atoms with Gasteiger partial charge in [0.15, 0.2) is 5.52 Å². The van der Waals surface area contributed by atoms with Crippen LogP contribution < -0.4 is 10.6 Å². The van der Waals surface area contributed by atoms with Crippen LogP contribution in [0.2, 0.25) is 0 Å².